The quantitative estimate of drug-likeness (QED) is 0.531. The second kappa shape index (κ2) is 5.66. The first kappa shape index (κ1) is 14.0. The number of aromatic hydroxyl groups is 1. The first-order valence-electron chi connectivity index (χ1n) is 5.44. The van der Waals surface area contributed by atoms with Crippen LogP contribution < -0.4 is 0 Å². The highest BCUT2D eigenvalue weighted by Gasteiger charge is 2.14. The smallest absolute Gasteiger partial charge is 0.311 e. The molecule has 0 atom stereocenters. The second-order valence-corrected chi connectivity index (χ2v) is 4.24. The fraction of sp³-hybridized carbons (Fsp3) is 0. The van der Waals surface area contributed by atoms with Crippen LogP contribution in [-0.4, -0.2) is 16.2 Å². The maximum atomic E-state index is 13.0. The monoisotopic (exact) mass is 294 g/mol. The van der Waals surface area contributed by atoms with Gasteiger partial charge < -0.3 is 5.11 Å². The van der Waals surface area contributed by atoms with Gasteiger partial charge in [0.25, 0.3) is 0 Å². The third kappa shape index (κ3) is 2.92. The predicted octanol–water partition coefficient (Wildman–Crippen LogP) is 3.84. The first-order chi connectivity index (χ1) is 9.49. The Morgan fingerprint density at radius 1 is 1.35 bits per heavy atom. The molecule has 102 valence electrons. The van der Waals surface area contributed by atoms with Gasteiger partial charge in [0.2, 0.25) is 5.75 Å². The molecule has 0 heterocycles. The molecule has 0 aliphatic carbocycles. The van der Waals surface area contributed by atoms with Crippen LogP contribution in [0.15, 0.2) is 41.4 Å². The van der Waals surface area contributed by atoms with Gasteiger partial charge in [-0.3, -0.25) is 15.1 Å². The number of halogens is 2. The minimum atomic E-state index is -0.693. The Balaban J connectivity index is 2.34. The molecule has 20 heavy (non-hydrogen) atoms. The second-order valence-electron chi connectivity index (χ2n) is 3.83. The van der Waals surface area contributed by atoms with Crippen molar-refractivity contribution in [2.24, 2.45) is 4.99 Å². The van der Waals surface area contributed by atoms with Gasteiger partial charge in [0, 0.05) is 17.8 Å². The van der Waals surface area contributed by atoms with Crippen molar-refractivity contribution in [3.8, 4) is 5.75 Å². The Labute approximate surface area is 118 Å². The Morgan fingerprint density at radius 2 is 2.10 bits per heavy atom. The lowest BCUT2D eigenvalue weighted by atomic mass is 10.2. The van der Waals surface area contributed by atoms with Gasteiger partial charge >= 0.3 is 5.69 Å². The van der Waals surface area contributed by atoms with Crippen LogP contribution in [0.5, 0.6) is 5.75 Å². The number of phenols is 1. The van der Waals surface area contributed by atoms with Crippen molar-refractivity contribution >= 4 is 29.2 Å². The Hall–Kier alpha value is -2.47. The van der Waals surface area contributed by atoms with Crippen LogP contribution in [0.1, 0.15) is 5.56 Å². The van der Waals surface area contributed by atoms with Crippen LogP contribution in [0, 0.1) is 15.9 Å². The van der Waals surface area contributed by atoms with Crippen molar-refractivity contribution < 1.29 is 14.4 Å². The third-order valence-electron chi connectivity index (χ3n) is 2.50. The van der Waals surface area contributed by atoms with Crippen LogP contribution in [0.2, 0.25) is 5.02 Å². The molecule has 0 saturated carbocycles. The SMILES string of the molecule is O=[N+]([O-])c1cccc(C=Nc2ccc(F)c(Cl)c2)c1O. The summed E-state index contributed by atoms with van der Waals surface area (Å²) in [6, 6.07) is 7.94. The van der Waals surface area contributed by atoms with E-state index >= 15 is 0 Å². The number of aliphatic imine (C=N–C) groups is 1. The van der Waals surface area contributed by atoms with E-state index in [9.17, 15) is 19.6 Å². The number of phenolic OH excluding ortho intramolecular Hbond substituents is 1. The molecule has 2 aromatic rings. The summed E-state index contributed by atoms with van der Waals surface area (Å²) in [7, 11) is 0. The number of hydrogen-bond acceptors (Lipinski definition) is 4. The number of hydrogen-bond donors (Lipinski definition) is 1. The van der Waals surface area contributed by atoms with E-state index in [0.29, 0.717) is 5.69 Å². The maximum Gasteiger partial charge on any atom is 0.311 e. The van der Waals surface area contributed by atoms with E-state index < -0.39 is 22.2 Å². The molecule has 0 unspecified atom stereocenters. The van der Waals surface area contributed by atoms with Crippen molar-refractivity contribution in [2.45, 2.75) is 0 Å². The summed E-state index contributed by atoms with van der Waals surface area (Å²) in [5.41, 5.74) is 0.132. The van der Waals surface area contributed by atoms with Crippen molar-refractivity contribution in [1.29, 1.82) is 0 Å². The van der Waals surface area contributed by atoms with Crippen molar-refractivity contribution in [2.75, 3.05) is 0 Å². The topological polar surface area (TPSA) is 75.7 Å². The number of nitro groups is 1. The number of nitro benzene ring substituents is 1. The van der Waals surface area contributed by atoms with E-state index in [1.807, 2.05) is 0 Å². The average Bonchev–Trinajstić information content (AvgIpc) is 2.41. The molecule has 2 aromatic carbocycles. The minimum Gasteiger partial charge on any atom is -0.502 e. The fourth-order valence-electron chi connectivity index (χ4n) is 1.51. The van der Waals surface area contributed by atoms with Gasteiger partial charge in [0.1, 0.15) is 5.82 Å². The van der Waals surface area contributed by atoms with Crippen LogP contribution >= 0.6 is 11.6 Å². The highest BCUT2D eigenvalue weighted by molar-refractivity contribution is 6.31. The number of nitrogens with zero attached hydrogens (tertiary/aromatic N) is 2. The lowest BCUT2D eigenvalue weighted by Gasteiger charge is -2.00. The number of benzene rings is 2. The molecule has 0 radical (unpaired) electrons. The summed E-state index contributed by atoms with van der Waals surface area (Å²) >= 11 is 5.61. The highest BCUT2D eigenvalue weighted by Crippen LogP contribution is 2.29. The molecule has 0 spiro atoms. The predicted molar refractivity (Wildman–Crippen MR) is 73.4 cm³/mol. The summed E-state index contributed by atoms with van der Waals surface area (Å²) < 4.78 is 13.0. The fourth-order valence-corrected chi connectivity index (χ4v) is 1.68. The highest BCUT2D eigenvalue weighted by atomic mass is 35.5. The summed E-state index contributed by atoms with van der Waals surface area (Å²) in [4.78, 5) is 14.0. The zero-order valence-electron chi connectivity index (χ0n) is 9.96. The lowest BCUT2D eigenvalue weighted by Crippen LogP contribution is -1.91. The van der Waals surface area contributed by atoms with E-state index in [1.54, 1.807) is 0 Å². The molecule has 0 amide bonds. The molecule has 0 bridgehead atoms. The summed E-state index contributed by atoms with van der Waals surface area (Å²) in [6.45, 7) is 0. The molecule has 2 rings (SSSR count). The van der Waals surface area contributed by atoms with Crippen LogP contribution in [0.4, 0.5) is 15.8 Å². The molecular weight excluding hydrogens is 287 g/mol. The zero-order valence-corrected chi connectivity index (χ0v) is 10.7. The molecule has 0 aliphatic rings. The van der Waals surface area contributed by atoms with Crippen molar-refractivity contribution in [1.82, 2.24) is 0 Å². The van der Waals surface area contributed by atoms with Crippen LogP contribution in [-0.2, 0) is 0 Å². The average molecular weight is 295 g/mol. The molecule has 0 aromatic heterocycles. The van der Waals surface area contributed by atoms with Crippen molar-refractivity contribution in [3.05, 3.63) is 62.9 Å². The van der Waals surface area contributed by atoms with Gasteiger partial charge in [-0.25, -0.2) is 4.39 Å². The summed E-state index contributed by atoms with van der Waals surface area (Å²) in [5, 5.41) is 20.3. The maximum absolute atomic E-state index is 13.0. The molecule has 0 aliphatic heterocycles. The van der Waals surface area contributed by atoms with Gasteiger partial charge in [-0.2, -0.15) is 0 Å². The minimum absolute atomic E-state index is 0.0806. The number of para-hydroxylation sites is 1. The van der Waals surface area contributed by atoms with E-state index in [1.165, 1.54) is 36.5 Å². The molecule has 7 heteroatoms. The Bertz CT molecular complexity index is 704. The first-order valence-corrected chi connectivity index (χ1v) is 5.82. The Morgan fingerprint density at radius 3 is 2.75 bits per heavy atom. The Kier molecular flexibility index (Phi) is 3.95. The van der Waals surface area contributed by atoms with E-state index in [-0.39, 0.29) is 10.6 Å². The van der Waals surface area contributed by atoms with E-state index in [4.69, 9.17) is 11.6 Å². The molecule has 5 nitrogen and oxygen atoms in total. The van der Waals surface area contributed by atoms with E-state index in [0.717, 1.165) is 6.07 Å². The molecular formula is C13H8ClFN2O3. The molecule has 1 N–H and O–H groups in total. The van der Waals surface area contributed by atoms with E-state index in [2.05, 4.69) is 4.99 Å². The third-order valence-corrected chi connectivity index (χ3v) is 2.79. The summed E-state index contributed by atoms with van der Waals surface area (Å²) in [5.74, 6) is -1.04. The zero-order chi connectivity index (χ0) is 14.7. The standard InChI is InChI=1S/C13H8ClFN2O3/c14-10-6-9(4-5-11(10)15)16-7-8-2-1-3-12(13(8)18)17(19)20/h1-7,18H. The summed E-state index contributed by atoms with van der Waals surface area (Å²) in [6.07, 6.45) is 1.24. The van der Waals surface area contributed by atoms with Gasteiger partial charge in [0.15, 0.2) is 0 Å². The molecule has 0 saturated heterocycles. The van der Waals surface area contributed by atoms with Crippen LogP contribution in [0.25, 0.3) is 0 Å². The van der Waals surface area contributed by atoms with Gasteiger partial charge in [-0.05, 0) is 24.3 Å². The molecule has 0 fully saturated rings. The van der Waals surface area contributed by atoms with Crippen LogP contribution in [0.3, 0.4) is 0 Å². The van der Waals surface area contributed by atoms with Gasteiger partial charge in [0.05, 0.1) is 15.6 Å². The van der Waals surface area contributed by atoms with Gasteiger partial charge in [-0.1, -0.05) is 17.7 Å². The number of rotatable bonds is 3. The normalized spacial score (nSPS) is 10.9. The van der Waals surface area contributed by atoms with Crippen molar-refractivity contribution in [3.63, 3.8) is 0 Å². The van der Waals surface area contributed by atoms with Gasteiger partial charge in [-0.15, -0.1) is 0 Å². The largest absolute Gasteiger partial charge is 0.502 e. The lowest BCUT2D eigenvalue weighted by molar-refractivity contribution is -0.385.